The number of ether oxygens (including phenoxy) is 4. The highest BCUT2D eigenvalue weighted by Gasteiger charge is 2.21. The van der Waals surface area contributed by atoms with Crippen molar-refractivity contribution in [1.82, 2.24) is 9.97 Å². The van der Waals surface area contributed by atoms with Gasteiger partial charge in [-0.25, -0.2) is 23.0 Å². The van der Waals surface area contributed by atoms with E-state index < -0.39 is 22.0 Å². The molecule has 0 spiro atoms. The van der Waals surface area contributed by atoms with Crippen molar-refractivity contribution in [2.24, 2.45) is 0 Å². The number of nitrogens with zero attached hydrogens (tertiary/aromatic N) is 2. The number of anilines is 2. The highest BCUT2D eigenvalue weighted by molar-refractivity contribution is 7.92. The third kappa shape index (κ3) is 5.82. The van der Waals surface area contributed by atoms with Crippen LogP contribution in [-0.4, -0.2) is 58.8 Å². The smallest absolute Gasteiger partial charge is 0.354 e. The van der Waals surface area contributed by atoms with Crippen LogP contribution in [0, 0.1) is 0 Å². The van der Waals surface area contributed by atoms with Crippen molar-refractivity contribution in [3.8, 4) is 11.6 Å². The summed E-state index contributed by atoms with van der Waals surface area (Å²) in [7, 11) is 0.930. The summed E-state index contributed by atoms with van der Waals surface area (Å²) in [5, 5.41) is 2.67. The van der Waals surface area contributed by atoms with E-state index in [1.165, 1.54) is 38.5 Å². The molecular formula is C18H20N4O8S. The van der Waals surface area contributed by atoms with Crippen LogP contribution >= 0.6 is 0 Å². The van der Waals surface area contributed by atoms with E-state index in [-0.39, 0.29) is 28.0 Å². The topological polar surface area (TPSA) is 155 Å². The standard InChI is InChI=1S/C18H20N4O8S/c1-27-14(23)9-13(18(24)30-4)21-11-5-7-12(8-6-11)31(25,26)22-16-15(28-2)17(29-3)20-10-19-16/h5-10,21H,1-4H3,(H,19,20,22)/b13-9+. The van der Waals surface area contributed by atoms with Crippen molar-refractivity contribution >= 4 is 33.5 Å². The molecule has 0 bridgehead atoms. The molecule has 31 heavy (non-hydrogen) atoms. The van der Waals surface area contributed by atoms with Gasteiger partial charge >= 0.3 is 11.9 Å². The molecule has 1 heterocycles. The summed E-state index contributed by atoms with van der Waals surface area (Å²) in [5.41, 5.74) is 0.127. The Labute approximate surface area is 178 Å². The van der Waals surface area contributed by atoms with Crippen molar-refractivity contribution in [2.75, 3.05) is 38.5 Å². The molecule has 0 atom stereocenters. The Kier molecular flexibility index (Phi) is 7.74. The molecule has 0 amide bonds. The van der Waals surface area contributed by atoms with E-state index in [0.29, 0.717) is 5.69 Å². The van der Waals surface area contributed by atoms with Crippen LogP contribution in [0.3, 0.4) is 0 Å². The number of carbonyl (C=O) groups is 2. The number of esters is 2. The fourth-order valence-electron chi connectivity index (χ4n) is 2.25. The molecule has 2 rings (SSSR count). The van der Waals surface area contributed by atoms with Crippen LogP contribution in [0.15, 0.2) is 47.3 Å². The van der Waals surface area contributed by atoms with Crippen molar-refractivity contribution in [2.45, 2.75) is 4.90 Å². The summed E-state index contributed by atoms with van der Waals surface area (Å²) < 4.78 is 46.9. The van der Waals surface area contributed by atoms with Gasteiger partial charge in [-0.1, -0.05) is 0 Å². The molecule has 2 N–H and O–H groups in total. The van der Waals surface area contributed by atoms with Crippen molar-refractivity contribution in [3.05, 3.63) is 42.4 Å². The number of hydrogen-bond acceptors (Lipinski definition) is 11. The van der Waals surface area contributed by atoms with Gasteiger partial charge in [0.15, 0.2) is 5.82 Å². The molecule has 2 aromatic rings. The van der Waals surface area contributed by atoms with E-state index >= 15 is 0 Å². The van der Waals surface area contributed by atoms with Gasteiger partial charge in [0.25, 0.3) is 15.9 Å². The molecule has 0 fully saturated rings. The average molecular weight is 452 g/mol. The molecule has 0 aliphatic carbocycles. The van der Waals surface area contributed by atoms with Crippen molar-refractivity contribution in [3.63, 3.8) is 0 Å². The number of aromatic nitrogens is 2. The highest BCUT2D eigenvalue weighted by atomic mass is 32.2. The average Bonchev–Trinajstić information content (AvgIpc) is 2.77. The van der Waals surface area contributed by atoms with E-state index in [2.05, 4.69) is 29.5 Å². The van der Waals surface area contributed by atoms with Gasteiger partial charge in [0.1, 0.15) is 12.0 Å². The first-order valence-electron chi connectivity index (χ1n) is 8.46. The van der Waals surface area contributed by atoms with Gasteiger partial charge in [-0.05, 0) is 24.3 Å². The Morgan fingerprint density at radius 1 is 0.968 bits per heavy atom. The first kappa shape index (κ1) is 23.4. The lowest BCUT2D eigenvalue weighted by Crippen LogP contribution is -2.16. The lowest BCUT2D eigenvalue weighted by Gasteiger charge is -2.13. The van der Waals surface area contributed by atoms with Crippen LogP contribution in [-0.2, 0) is 29.1 Å². The predicted molar refractivity (Wildman–Crippen MR) is 108 cm³/mol. The molecule has 12 nitrogen and oxygen atoms in total. The summed E-state index contributed by atoms with van der Waals surface area (Å²) in [6.45, 7) is 0. The first-order valence-corrected chi connectivity index (χ1v) is 9.94. The summed E-state index contributed by atoms with van der Waals surface area (Å²) in [6.07, 6.45) is 2.03. The molecule has 0 radical (unpaired) electrons. The molecule has 0 aliphatic heterocycles. The van der Waals surface area contributed by atoms with Crippen LogP contribution in [0.5, 0.6) is 11.6 Å². The molecule has 13 heteroatoms. The van der Waals surface area contributed by atoms with Crippen LogP contribution in [0.2, 0.25) is 0 Å². The highest BCUT2D eigenvalue weighted by Crippen LogP contribution is 2.32. The van der Waals surface area contributed by atoms with Gasteiger partial charge in [0.2, 0.25) is 5.75 Å². The SMILES string of the molecule is COC(=O)/C=C(/Nc1ccc(S(=O)(=O)Nc2ncnc(OC)c2OC)cc1)C(=O)OC. The lowest BCUT2D eigenvalue weighted by molar-refractivity contribution is -0.138. The number of benzene rings is 1. The Morgan fingerprint density at radius 2 is 1.65 bits per heavy atom. The zero-order valence-corrected chi connectivity index (χ0v) is 17.8. The quantitative estimate of drug-likeness (QED) is 0.412. The van der Waals surface area contributed by atoms with Crippen LogP contribution in [0.25, 0.3) is 0 Å². The zero-order valence-electron chi connectivity index (χ0n) is 17.0. The number of nitrogens with one attached hydrogen (secondary N) is 2. The van der Waals surface area contributed by atoms with E-state index in [4.69, 9.17) is 9.47 Å². The lowest BCUT2D eigenvalue weighted by atomic mass is 10.3. The molecule has 166 valence electrons. The fourth-order valence-corrected chi connectivity index (χ4v) is 3.26. The minimum atomic E-state index is -4.04. The van der Waals surface area contributed by atoms with Crippen LogP contribution < -0.4 is 19.5 Å². The number of hydrogen-bond donors (Lipinski definition) is 2. The maximum absolute atomic E-state index is 12.7. The monoisotopic (exact) mass is 452 g/mol. The number of methoxy groups -OCH3 is 4. The minimum Gasteiger partial charge on any atom is -0.489 e. The largest absolute Gasteiger partial charge is 0.489 e. The van der Waals surface area contributed by atoms with Gasteiger partial charge in [-0.3, -0.25) is 4.72 Å². The van der Waals surface area contributed by atoms with Crippen molar-refractivity contribution in [1.29, 1.82) is 0 Å². The van der Waals surface area contributed by atoms with E-state index in [1.807, 2.05) is 0 Å². The fraction of sp³-hybridized carbons (Fsp3) is 0.222. The Balaban J connectivity index is 2.27. The van der Waals surface area contributed by atoms with Gasteiger partial charge in [0.05, 0.1) is 39.4 Å². The summed E-state index contributed by atoms with van der Waals surface area (Å²) in [6, 6.07) is 5.34. The van der Waals surface area contributed by atoms with Gasteiger partial charge in [-0.2, -0.15) is 4.98 Å². The number of rotatable bonds is 9. The number of sulfonamides is 1. The number of carbonyl (C=O) groups excluding carboxylic acids is 2. The van der Waals surface area contributed by atoms with E-state index in [9.17, 15) is 18.0 Å². The maximum Gasteiger partial charge on any atom is 0.354 e. The molecule has 1 aromatic carbocycles. The molecular weight excluding hydrogens is 432 g/mol. The molecule has 0 saturated carbocycles. The predicted octanol–water partition coefficient (Wildman–Crippen LogP) is 0.936. The van der Waals surface area contributed by atoms with Crippen LogP contribution in [0.1, 0.15) is 0 Å². The normalized spacial score (nSPS) is 11.3. The summed E-state index contributed by atoms with van der Waals surface area (Å²) >= 11 is 0. The Hall–Kier alpha value is -3.87. The Morgan fingerprint density at radius 3 is 2.19 bits per heavy atom. The van der Waals surface area contributed by atoms with Crippen LogP contribution in [0.4, 0.5) is 11.5 Å². The third-order valence-electron chi connectivity index (χ3n) is 3.71. The Bertz CT molecular complexity index is 1080. The maximum atomic E-state index is 12.7. The van der Waals surface area contributed by atoms with E-state index in [1.54, 1.807) is 0 Å². The molecule has 0 unspecified atom stereocenters. The third-order valence-corrected chi connectivity index (χ3v) is 5.07. The van der Waals surface area contributed by atoms with Gasteiger partial charge in [-0.15, -0.1) is 0 Å². The second-order valence-corrected chi connectivity index (χ2v) is 7.27. The van der Waals surface area contributed by atoms with Gasteiger partial charge < -0.3 is 24.3 Å². The van der Waals surface area contributed by atoms with E-state index in [0.717, 1.165) is 26.6 Å². The second-order valence-electron chi connectivity index (χ2n) is 5.59. The molecule has 1 aromatic heterocycles. The molecule has 0 aliphatic rings. The first-order chi connectivity index (χ1) is 14.7. The second kappa shape index (κ2) is 10.2. The summed E-state index contributed by atoms with van der Waals surface area (Å²) in [4.78, 5) is 30.8. The molecule has 0 saturated heterocycles. The van der Waals surface area contributed by atoms with Gasteiger partial charge in [0, 0.05) is 5.69 Å². The van der Waals surface area contributed by atoms with Crippen molar-refractivity contribution < 1.29 is 37.0 Å². The minimum absolute atomic E-state index is 0.0162. The summed E-state index contributed by atoms with van der Waals surface area (Å²) in [5.74, 6) is -1.62. The zero-order chi connectivity index (χ0) is 23.0.